The van der Waals surface area contributed by atoms with Crippen LogP contribution in [0.25, 0.3) is 0 Å². The standard InChI is InChI=1S/C19H18BrN3O2S/c20-13-7-5-12(6-8-13)18(25)22-10-9-17(24)23-19-15(11-21)14-3-1-2-4-16(14)26-19/h5-8H,1-4,9-10H2,(H,22,25)(H,23,24). The number of fused-ring (bicyclic) bond motifs is 1. The molecule has 2 aromatic rings. The fourth-order valence-electron chi connectivity index (χ4n) is 2.95. The summed E-state index contributed by atoms with van der Waals surface area (Å²) >= 11 is 4.83. The van der Waals surface area contributed by atoms with Crippen LogP contribution < -0.4 is 10.6 Å². The van der Waals surface area contributed by atoms with Crippen LogP contribution in [0, 0.1) is 11.3 Å². The molecule has 7 heteroatoms. The van der Waals surface area contributed by atoms with Gasteiger partial charge in [0.15, 0.2) is 0 Å². The highest BCUT2D eigenvalue weighted by atomic mass is 79.9. The third-order valence-corrected chi connectivity index (χ3v) is 6.02. The predicted octanol–water partition coefficient (Wildman–Crippen LogP) is 4.02. The van der Waals surface area contributed by atoms with Crippen LogP contribution in [0.4, 0.5) is 5.00 Å². The average Bonchev–Trinajstić information content (AvgIpc) is 2.99. The first-order valence-corrected chi connectivity index (χ1v) is 10.1. The van der Waals surface area contributed by atoms with E-state index < -0.39 is 0 Å². The molecule has 0 fully saturated rings. The Labute approximate surface area is 164 Å². The SMILES string of the molecule is N#Cc1c(NC(=O)CCNC(=O)c2ccc(Br)cc2)sc2c1CCCC2. The molecule has 0 saturated heterocycles. The molecule has 0 saturated carbocycles. The fourth-order valence-corrected chi connectivity index (χ4v) is 4.47. The number of aryl methyl sites for hydroxylation is 1. The number of anilines is 1. The van der Waals surface area contributed by atoms with Gasteiger partial charge < -0.3 is 10.6 Å². The van der Waals surface area contributed by atoms with Crippen LogP contribution in [0.5, 0.6) is 0 Å². The van der Waals surface area contributed by atoms with Gasteiger partial charge in [0.1, 0.15) is 11.1 Å². The molecule has 0 spiro atoms. The summed E-state index contributed by atoms with van der Waals surface area (Å²) in [6, 6.07) is 9.26. The van der Waals surface area contributed by atoms with E-state index in [-0.39, 0.29) is 24.8 Å². The summed E-state index contributed by atoms with van der Waals surface area (Å²) in [6.45, 7) is 0.244. The van der Waals surface area contributed by atoms with E-state index in [1.54, 1.807) is 24.3 Å². The highest BCUT2D eigenvalue weighted by molar-refractivity contribution is 9.10. The summed E-state index contributed by atoms with van der Waals surface area (Å²) in [5, 5.41) is 15.6. The van der Waals surface area contributed by atoms with E-state index in [1.165, 1.54) is 16.2 Å². The van der Waals surface area contributed by atoms with E-state index >= 15 is 0 Å². The Hall–Kier alpha value is -2.17. The second-order valence-corrected chi connectivity index (χ2v) is 8.11. The minimum Gasteiger partial charge on any atom is -0.352 e. The number of halogens is 1. The molecule has 1 aromatic carbocycles. The number of nitrogens with zero attached hydrogens (tertiary/aromatic N) is 1. The van der Waals surface area contributed by atoms with Gasteiger partial charge in [-0.2, -0.15) is 5.26 Å². The maximum absolute atomic E-state index is 12.2. The van der Waals surface area contributed by atoms with Crippen molar-refractivity contribution in [2.75, 3.05) is 11.9 Å². The Morgan fingerprint density at radius 2 is 1.92 bits per heavy atom. The smallest absolute Gasteiger partial charge is 0.251 e. The normalized spacial score (nSPS) is 12.8. The first kappa shape index (κ1) is 18.6. The van der Waals surface area contributed by atoms with Gasteiger partial charge in [0, 0.05) is 27.9 Å². The minimum atomic E-state index is -0.213. The molecule has 0 aliphatic heterocycles. The number of benzene rings is 1. The zero-order valence-corrected chi connectivity index (χ0v) is 16.5. The number of nitrogens with one attached hydrogen (secondary N) is 2. The van der Waals surface area contributed by atoms with Gasteiger partial charge in [0.05, 0.1) is 5.56 Å². The number of rotatable bonds is 5. The summed E-state index contributed by atoms with van der Waals surface area (Å²) in [5.41, 5.74) is 2.26. The van der Waals surface area contributed by atoms with E-state index in [9.17, 15) is 14.9 Å². The Kier molecular flexibility index (Phi) is 6.07. The van der Waals surface area contributed by atoms with Crippen LogP contribution in [0.1, 0.15) is 45.6 Å². The monoisotopic (exact) mass is 431 g/mol. The first-order chi connectivity index (χ1) is 12.6. The van der Waals surface area contributed by atoms with Crippen LogP contribution in [0.15, 0.2) is 28.7 Å². The number of carbonyl (C=O) groups is 2. The summed E-state index contributed by atoms with van der Waals surface area (Å²) in [7, 11) is 0. The van der Waals surface area contributed by atoms with Crippen molar-refractivity contribution in [3.05, 3.63) is 50.3 Å². The van der Waals surface area contributed by atoms with Crippen molar-refractivity contribution >= 4 is 44.1 Å². The summed E-state index contributed by atoms with van der Waals surface area (Å²) < 4.78 is 0.903. The van der Waals surface area contributed by atoms with Crippen LogP contribution in [0.2, 0.25) is 0 Å². The van der Waals surface area contributed by atoms with Crippen LogP contribution >= 0.6 is 27.3 Å². The molecule has 1 heterocycles. The number of hydrogen-bond donors (Lipinski definition) is 2. The van der Waals surface area contributed by atoms with Gasteiger partial charge >= 0.3 is 0 Å². The molecule has 1 aromatic heterocycles. The largest absolute Gasteiger partial charge is 0.352 e. The molecule has 3 rings (SSSR count). The van der Waals surface area contributed by atoms with Crippen LogP contribution in [-0.4, -0.2) is 18.4 Å². The van der Waals surface area contributed by atoms with Crippen molar-refractivity contribution in [1.29, 1.82) is 5.26 Å². The number of nitriles is 1. The maximum atomic E-state index is 12.2. The summed E-state index contributed by atoms with van der Waals surface area (Å²) in [6.07, 6.45) is 4.28. The van der Waals surface area contributed by atoms with E-state index in [4.69, 9.17) is 0 Å². The van der Waals surface area contributed by atoms with Gasteiger partial charge in [0.2, 0.25) is 5.91 Å². The average molecular weight is 432 g/mol. The zero-order chi connectivity index (χ0) is 18.5. The van der Waals surface area contributed by atoms with Crippen molar-refractivity contribution in [2.45, 2.75) is 32.1 Å². The second-order valence-electron chi connectivity index (χ2n) is 6.09. The molecule has 0 atom stereocenters. The van der Waals surface area contributed by atoms with Gasteiger partial charge in [-0.3, -0.25) is 9.59 Å². The lowest BCUT2D eigenvalue weighted by Gasteiger charge is -2.09. The van der Waals surface area contributed by atoms with Crippen LogP contribution in [-0.2, 0) is 17.6 Å². The number of hydrogen-bond acceptors (Lipinski definition) is 4. The lowest BCUT2D eigenvalue weighted by Crippen LogP contribution is -2.27. The molecule has 1 aliphatic carbocycles. The quantitative estimate of drug-likeness (QED) is 0.749. The molecule has 26 heavy (non-hydrogen) atoms. The highest BCUT2D eigenvalue weighted by Gasteiger charge is 2.21. The molecule has 0 bridgehead atoms. The first-order valence-electron chi connectivity index (χ1n) is 8.46. The fraction of sp³-hybridized carbons (Fsp3) is 0.316. The molecular formula is C19H18BrN3O2S. The van der Waals surface area contributed by atoms with E-state index in [0.717, 1.165) is 35.7 Å². The van der Waals surface area contributed by atoms with Gasteiger partial charge in [-0.1, -0.05) is 15.9 Å². The number of thiophene rings is 1. The van der Waals surface area contributed by atoms with Crippen molar-refractivity contribution in [3.63, 3.8) is 0 Å². The predicted molar refractivity (Wildman–Crippen MR) is 105 cm³/mol. The Bertz CT molecular complexity index is 868. The Balaban J connectivity index is 1.53. The summed E-state index contributed by atoms with van der Waals surface area (Å²) in [5.74, 6) is -0.411. The van der Waals surface area contributed by atoms with Crippen molar-refractivity contribution < 1.29 is 9.59 Å². The second kappa shape index (κ2) is 8.47. The molecule has 1 aliphatic rings. The van der Waals surface area contributed by atoms with E-state index in [2.05, 4.69) is 32.6 Å². The van der Waals surface area contributed by atoms with Crippen LogP contribution in [0.3, 0.4) is 0 Å². The topological polar surface area (TPSA) is 82.0 Å². The minimum absolute atomic E-state index is 0.162. The van der Waals surface area contributed by atoms with Gasteiger partial charge in [-0.25, -0.2) is 0 Å². The Morgan fingerprint density at radius 1 is 1.19 bits per heavy atom. The third-order valence-electron chi connectivity index (χ3n) is 4.28. The lowest BCUT2D eigenvalue weighted by atomic mass is 9.96. The molecule has 134 valence electrons. The van der Waals surface area contributed by atoms with Gasteiger partial charge in [-0.15, -0.1) is 11.3 Å². The van der Waals surface area contributed by atoms with Gasteiger partial charge in [-0.05, 0) is 55.5 Å². The summed E-state index contributed by atoms with van der Waals surface area (Å²) in [4.78, 5) is 25.4. The molecule has 0 radical (unpaired) electrons. The number of amides is 2. The molecule has 2 N–H and O–H groups in total. The van der Waals surface area contributed by atoms with E-state index in [0.29, 0.717) is 16.1 Å². The molecular weight excluding hydrogens is 414 g/mol. The molecule has 5 nitrogen and oxygen atoms in total. The number of carbonyl (C=O) groups excluding carboxylic acids is 2. The molecule has 0 unspecified atom stereocenters. The van der Waals surface area contributed by atoms with Crippen molar-refractivity contribution in [1.82, 2.24) is 5.32 Å². The zero-order valence-electron chi connectivity index (χ0n) is 14.1. The Morgan fingerprint density at radius 3 is 2.65 bits per heavy atom. The molecule has 2 amide bonds. The van der Waals surface area contributed by atoms with E-state index in [1.807, 2.05) is 0 Å². The maximum Gasteiger partial charge on any atom is 0.251 e. The third kappa shape index (κ3) is 4.32. The highest BCUT2D eigenvalue weighted by Crippen LogP contribution is 2.37. The van der Waals surface area contributed by atoms with Crippen molar-refractivity contribution in [2.24, 2.45) is 0 Å². The van der Waals surface area contributed by atoms with Crippen molar-refractivity contribution in [3.8, 4) is 6.07 Å². The van der Waals surface area contributed by atoms with Gasteiger partial charge in [0.25, 0.3) is 5.91 Å². The lowest BCUT2D eigenvalue weighted by molar-refractivity contribution is -0.116.